The maximum Gasteiger partial charge on any atom is 0.240 e. The first-order valence-electron chi connectivity index (χ1n) is 9.17. The number of aryl methyl sites for hydroxylation is 1. The predicted octanol–water partition coefficient (Wildman–Crippen LogP) is 3.39. The Bertz CT molecular complexity index is 1020. The zero-order chi connectivity index (χ0) is 20.4. The van der Waals surface area contributed by atoms with Gasteiger partial charge in [0.2, 0.25) is 11.1 Å². The first-order valence-corrected chi connectivity index (χ1v) is 10.0. The second-order valence-electron chi connectivity index (χ2n) is 6.51. The van der Waals surface area contributed by atoms with Gasteiger partial charge in [-0.15, -0.1) is 10.2 Å². The van der Waals surface area contributed by atoms with Crippen molar-refractivity contribution in [2.75, 3.05) is 17.9 Å². The first kappa shape index (κ1) is 19.3. The van der Waals surface area contributed by atoms with Crippen LogP contribution in [-0.4, -0.2) is 33.1 Å². The van der Waals surface area contributed by atoms with Gasteiger partial charge >= 0.3 is 0 Å². The van der Waals surface area contributed by atoms with Crippen LogP contribution in [0.1, 0.15) is 24.4 Å². The number of aromatic nitrogens is 3. The van der Waals surface area contributed by atoms with Crippen molar-refractivity contribution >= 4 is 23.4 Å². The van der Waals surface area contributed by atoms with E-state index in [0.717, 1.165) is 11.4 Å². The van der Waals surface area contributed by atoms with Gasteiger partial charge in [0.25, 0.3) is 0 Å². The van der Waals surface area contributed by atoms with Crippen LogP contribution < -0.4 is 15.5 Å². The number of fused-ring (bicyclic) bond motifs is 1. The number of carbonyl (C=O) groups is 1. The van der Waals surface area contributed by atoms with Crippen LogP contribution in [-0.2, 0) is 11.2 Å². The molecule has 1 aliphatic heterocycles. The third kappa shape index (κ3) is 3.91. The maximum absolute atomic E-state index is 13.4. The first-order chi connectivity index (χ1) is 14.1. The van der Waals surface area contributed by atoms with Gasteiger partial charge in [0.05, 0.1) is 13.2 Å². The van der Waals surface area contributed by atoms with Gasteiger partial charge in [-0.3, -0.25) is 4.79 Å². The number of nitrogens with one attached hydrogen (secondary N) is 2. The summed E-state index contributed by atoms with van der Waals surface area (Å²) >= 11 is 1.33. The van der Waals surface area contributed by atoms with Crippen molar-refractivity contribution in [3.8, 4) is 5.75 Å². The number of nitrogens with zero attached hydrogens (tertiary/aromatic N) is 3. The summed E-state index contributed by atoms with van der Waals surface area (Å²) in [6, 6.07) is 12.9. The van der Waals surface area contributed by atoms with Crippen molar-refractivity contribution in [1.29, 1.82) is 0 Å². The summed E-state index contributed by atoms with van der Waals surface area (Å²) in [4.78, 5) is 13.2. The second-order valence-corrected chi connectivity index (χ2v) is 7.61. The number of methoxy groups -OCH3 is 1. The van der Waals surface area contributed by atoms with Crippen molar-refractivity contribution in [1.82, 2.24) is 14.9 Å². The van der Waals surface area contributed by atoms with Crippen LogP contribution in [0.4, 0.5) is 10.1 Å². The molecule has 0 radical (unpaired) electrons. The highest BCUT2D eigenvalue weighted by molar-refractivity contribution is 8.00. The Morgan fingerprint density at radius 1 is 1.28 bits per heavy atom. The number of anilines is 1. The second kappa shape index (κ2) is 8.12. The van der Waals surface area contributed by atoms with Crippen LogP contribution in [0.5, 0.6) is 5.75 Å². The number of benzene rings is 2. The third-order valence-electron chi connectivity index (χ3n) is 4.64. The van der Waals surface area contributed by atoms with Gasteiger partial charge in [0.15, 0.2) is 5.82 Å². The summed E-state index contributed by atoms with van der Waals surface area (Å²) < 4.78 is 20.5. The maximum atomic E-state index is 13.4. The highest BCUT2D eigenvalue weighted by Crippen LogP contribution is 2.37. The number of hydrogen-bond donors (Lipinski definition) is 2. The van der Waals surface area contributed by atoms with Gasteiger partial charge < -0.3 is 15.5 Å². The lowest BCUT2D eigenvalue weighted by atomic mass is 10.0. The van der Waals surface area contributed by atoms with E-state index in [2.05, 4.69) is 20.9 Å². The van der Waals surface area contributed by atoms with Gasteiger partial charge in [-0.25, -0.2) is 9.07 Å². The monoisotopic (exact) mass is 413 g/mol. The molecular weight excluding hydrogens is 393 g/mol. The molecule has 2 N–H and O–H groups in total. The molecule has 7 nitrogen and oxygen atoms in total. The number of rotatable bonds is 5. The van der Waals surface area contributed by atoms with Crippen molar-refractivity contribution in [3.05, 3.63) is 65.7 Å². The van der Waals surface area contributed by atoms with Crippen LogP contribution in [0.15, 0.2) is 53.7 Å². The minimum absolute atomic E-state index is 0.197. The van der Waals surface area contributed by atoms with Crippen LogP contribution in [0, 0.1) is 5.82 Å². The minimum atomic E-state index is -0.534. The number of halogens is 1. The predicted molar refractivity (Wildman–Crippen MR) is 109 cm³/mol. The lowest BCUT2D eigenvalue weighted by Gasteiger charge is -2.33. The normalized spacial score (nSPS) is 17.9. The summed E-state index contributed by atoms with van der Waals surface area (Å²) in [5, 5.41) is 11.4. The highest BCUT2D eigenvalue weighted by atomic mass is 32.2. The fourth-order valence-corrected chi connectivity index (χ4v) is 4.26. The van der Waals surface area contributed by atoms with E-state index < -0.39 is 5.25 Å². The van der Waals surface area contributed by atoms with Crippen molar-refractivity contribution in [3.63, 3.8) is 0 Å². The number of carbonyl (C=O) groups excluding carboxylic acids is 1. The molecule has 29 heavy (non-hydrogen) atoms. The quantitative estimate of drug-likeness (QED) is 0.667. The molecule has 0 unspecified atom stereocenters. The molecule has 9 heteroatoms. The summed E-state index contributed by atoms with van der Waals surface area (Å²) in [5.41, 5.74) is 4.77. The van der Waals surface area contributed by atoms with Crippen LogP contribution >= 0.6 is 11.8 Å². The Morgan fingerprint density at radius 2 is 2.07 bits per heavy atom. The Kier molecular flexibility index (Phi) is 5.39. The zero-order valence-corrected chi connectivity index (χ0v) is 16.7. The molecule has 0 aliphatic carbocycles. The number of hydrogen-bond acceptors (Lipinski definition) is 6. The Balaban J connectivity index is 1.65. The molecule has 0 saturated carbocycles. The molecule has 1 aromatic heterocycles. The summed E-state index contributed by atoms with van der Waals surface area (Å²) in [7, 11) is 1.57. The average Bonchev–Trinajstić information content (AvgIpc) is 3.15. The topological polar surface area (TPSA) is 81.1 Å². The largest absolute Gasteiger partial charge is 0.497 e. The van der Waals surface area contributed by atoms with E-state index in [0.29, 0.717) is 23.0 Å². The average molecular weight is 413 g/mol. The molecule has 2 aromatic carbocycles. The lowest BCUT2D eigenvalue weighted by Crippen LogP contribution is -2.41. The van der Waals surface area contributed by atoms with Gasteiger partial charge in [0.1, 0.15) is 16.8 Å². The molecule has 4 rings (SSSR count). The molecule has 0 saturated heterocycles. The SMILES string of the molecule is CCc1nnc2n1N[C@@H](c1ccc(F)cc1)[C@@H](C(=O)Nc1cccc(OC)c1)S2. The van der Waals surface area contributed by atoms with Gasteiger partial charge in [-0.2, -0.15) is 0 Å². The Labute approximate surface area is 171 Å². The Morgan fingerprint density at radius 3 is 2.79 bits per heavy atom. The number of amides is 1. The Hall–Kier alpha value is -3.07. The van der Waals surface area contributed by atoms with E-state index in [1.54, 1.807) is 36.1 Å². The van der Waals surface area contributed by atoms with Gasteiger partial charge in [-0.05, 0) is 29.8 Å². The van der Waals surface area contributed by atoms with Crippen LogP contribution in [0.2, 0.25) is 0 Å². The highest BCUT2D eigenvalue weighted by Gasteiger charge is 2.37. The molecule has 0 bridgehead atoms. The standard InChI is InChI=1S/C20H20FN5O2S/c1-3-16-23-24-20-26(16)25-17(12-7-9-13(21)10-8-12)18(29-20)19(27)22-14-5-4-6-15(11-14)28-2/h4-11,17-18,25H,3H2,1-2H3,(H,22,27)/t17-,18-/m0/s1. The van der Waals surface area contributed by atoms with E-state index in [4.69, 9.17) is 4.74 Å². The summed E-state index contributed by atoms with van der Waals surface area (Å²) in [6.45, 7) is 1.98. The molecule has 2 heterocycles. The lowest BCUT2D eigenvalue weighted by molar-refractivity contribution is -0.116. The van der Waals surface area contributed by atoms with Gasteiger partial charge in [0, 0.05) is 18.2 Å². The van der Waals surface area contributed by atoms with E-state index in [1.165, 1.54) is 23.9 Å². The molecule has 1 aliphatic rings. The van der Waals surface area contributed by atoms with Crippen molar-refractivity contribution in [2.24, 2.45) is 0 Å². The van der Waals surface area contributed by atoms with E-state index in [1.807, 2.05) is 19.1 Å². The molecule has 150 valence electrons. The molecule has 0 fully saturated rings. The van der Waals surface area contributed by atoms with Gasteiger partial charge in [-0.1, -0.05) is 36.9 Å². The van der Waals surface area contributed by atoms with E-state index in [-0.39, 0.29) is 17.8 Å². The number of ether oxygens (including phenoxy) is 1. The van der Waals surface area contributed by atoms with Crippen molar-refractivity contribution in [2.45, 2.75) is 29.8 Å². The molecule has 0 spiro atoms. The fraction of sp³-hybridized carbons (Fsp3) is 0.250. The molecular formula is C20H20FN5O2S. The van der Waals surface area contributed by atoms with Crippen LogP contribution in [0.3, 0.4) is 0 Å². The van der Waals surface area contributed by atoms with E-state index in [9.17, 15) is 9.18 Å². The molecule has 3 aromatic rings. The molecule has 1 amide bonds. The summed E-state index contributed by atoms with van der Waals surface area (Å²) in [6.07, 6.45) is 0.692. The van der Waals surface area contributed by atoms with E-state index >= 15 is 0 Å². The van der Waals surface area contributed by atoms with Crippen molar-refractivity contribution < 1.29 is 13.9 Å². The minimum Gasteiger partial charge on any atom is -0.497 e. The zero-order valence-electron chi connectivity index (χ0n) is 15.9. The third-order valence-corrected chi connectivity index (χ3v) is 5.86. The number of thioether (sulfide) groups is 1. The smallest absolute Gasteiger partial charge is 0.240 e. The fourth-order valence-electron chi connectivity index (χ4n) is 3.16. The molecule has 2 atom stereocenters. The van der Waals surface area contributed by atoms with Crippen LogP contribution in [0.25, 0.3) is 0 Å². The summed E-state index contributed by atoms with van der Waals surface area (Å²) in [5.74, 6) is 0.900.